The minimum atomic E-state index is -0.0638. The number of piperazine rings is 1. The van der Waals surface area contributed by atoms with Crippen LogP contribution in [-0.4, -0.2) is 53.3 Å². The second-order valence-corrected chi connectivity index (χ2v) is 3.65. The molecule has 0 bridgehead atoms. The molecule has 0 aliphatic carbocycles. The normalized spacial score (nSPS) is 16.0. The number of carbonyl (C=O) groups excluding carboxylic acids is 2. The van der Waals surface area contributed by atoms with Crippen molar-refractivity contribution in [2.24, 2.45) is 0 Å². The molecule has 1 saturated heterocycles. The molecular weight excluding hydrogens is 206 g/mol. The first-order valence-corrected chi connectivity index (χ1v) is 5.21. The SMILES string of the molecule is O=CN1CCN(C(=O)c2ccccn2)CC1. The smallest absolute Gasteiger partial charge is 0.272 e. The summed E-state index contributed by atoms with van der Waals surface area (Å²) in [5.41, 5.74) is 0.460. The Morgan fingerprint density at radius 2 is 2.00 bits per heavy atom. The Morgan fingerprint density at radius 1 is 1.25 bits per heavy atom. The Labute approximate surface area is 93.7 Å². The van der Waals surface area contributed by atoms with Crippen LogP contribution in [0.3, 0.4) is 0 Å². The van der Waals surface area contributed by atoms with Gasteiger partial charge in [-0.05, 0) is 12.1 Å². The molecule has 1 aliphatic rings. The van der Waals surface area contributed by atoms with Crippen molar-refractivity contribution >= 4 is 12.3 Å². The van der Waals surface area contributed by atoms with E-state index in [1.807, 2.05) is 0 Å². The van der Waals surface area contributed by atoms with E-state index in [9.17, 15) is 9.59 Å². The van der Waals surface area contributed by atoms with Gasteiger partial charge < -0.3 is 9.80 Å². The van der Waals surface area contributed by atoms with E-state index >= 15 is 0 Å². The summed E-state index contributed by atoms with van der Waals surface area (Å²) < 4.78 is 0. The van der Waals surface area contributed by atoms with Crippen LogP contribution in [-0.2, 0) is 4.79 Å². The van der Waals surface area contributed by atoms with Crippen LogP contribution < -0.4 is 0 Å². The minimum Gasteiger partial charge on any atom is -0.342 e. The van der Waals surface area contributed by atoms with Gasteiger partial charge in [0.05, 0.1) is 0 Å². The highest BCUT2D eigenvalue weighted by Crippen LogP contribution is 2.05. The molecule has 0 unspecified atom stereocenters. The van der Waals surface area contributed by atoms with E-state index in [4.69, 9.17) is 0 Å². The molecule has 2 heterocycles. The van der Waals surface area contributed by atoms with Crippen molar-refractivity contribution in [2.75, 3.05) is 26.2 Å². The first kappa shape index (κ1) is 10.6. The zero-order valence-electron chi connectivity index (χ0n) is 8.87. The average Bonchev–Trinajstić information content (AvgIpc) is 2.39. The molecule has 0 radical (unpaired) electrons. The molecule has 1 fully saturated rings. The molecule has 2 rings (SSSR count). The van der Waals surface area contributed by atoms with Crippen molar-refractivity contribution in [2.45, 2.75) is 0 Å². The van der Waals surface area contributed by atoms with Crippen LogP contribution >= 0.6 is 0 Å². The van der Waals surface area contributed by atoms with Crippen LogP contribution in [0.2, 0.25) is 0 Å². The lowest BCUT2D eigenvalue weighted by molar-refractivity contribution is -0.119. The number of hydrogen-bond donors (Lipinski definition) is 0. The number of carbonyl (C=O) groups is 2. The van der Waals surface area contributed by atoms with E-state index in [-0.39, 0.29) is 5.91 Å². The molecule has 1 aliphatic heterocycles. The average molecular weight is 219 g/mol. The highest BCUT2D eigenvalue weighted by Gasteiger charge is 2.21. The number of rotatable bonds is 2. The van der Waals surface area contributed by atoms with Gasteiger partial charge in [-0.15, -0.1) is 0 Å². The second-order valence-electron chi connectivity index (χ2n) is 3.65. The van der Waals surface area contributed by atoms with E-state index in [1.165, 1.54) is 0 Å². The summed E-state index contributed by atoms with van der Waals surface area (Å²) >= 11 is 0. The Morgan fingerprint density at radius 3 is 2.56 bits per heavy atom. The molecule has 0 N–H and O–H groups in total. The van der Waals surface area contributed by atoms with E-state index in [1.54, 1.807) is 34.2 Å². The maximum atomic E-state index is 12.0. The predicted molar refractivity (Wildman–Crippen MR) is 57.8 cm³/mol. The predicted octanol–water partition coefficient (Wildman–Crippen LogP) is -0.00420. The Balaban J connectivity index is 1.99. The summed E-state index contributed by atoms with van der Waals surface area (Å²) in [6.45, 7) is 2.35. The Kier molecular flexibility index (Phi) is 3.14. The zero-order chi connectivity index (χ0) is 11.4. The Bertz CT molecular complexity index is 372. The molecular formula is C11H13N3O2. The molecule has 84 valence electrons. The molecule has 0 atom stereocenters. The fourth-order valence-corrected chi connectivity index (χ4v) is 1.68. The number of nitrogens with zero attached hydrogens (tertiary/aromatic N) is 3. The molecule has 2 amide bonds. The summed E-state index contributed by atoms with van der Waals surface area (Å²) in [5.74, 6) is -0.0638. The monoisotopic (exact) mass is 219 g/mol. The maximum absolute atomic E-state index is 12.0. The first-order chi connectivity index (χ1) is 7.81. The third-order valence-electron chi connectivity index (χ3n) is 2.63. The lowest BCUT2D eigenvalue weighted by Gasteiger charge is -2.32. The fourth-order valence-electron chi connectivity index (χ4n) is 1.68. The van der Waals surface area contributed by atoms with Crippen molar-refractivity contribution in [3.05, 3.63) is 30.1 Å². The highest BCUT2D eigenvalue weighted by molar-refractivity contribution is 5.92. The lowest BCUT2D eigenvalue weighted by atomic mass is 10.2. The first-order valence-electron chi connectivity index (χ1n) is 5.21. The van der Waals surface area contributed by atoms with Crippen LogP contribution in [0.1, 0.15) is 10.5 Å². The third kappa shape index (κ3) is 2.18. The van der Waals surface area contributed by atoms with E-state index < -0.39 is 0 Å². The molecule has 16 heavy (non-hydrogen) atoms. The zero-order valence-corrected chi connectivity index (χ0v) is 8.87. The number of amides is 2. The number of aromatic nitrogens is 1. The molecule has 1 aromatic rings. The van der Waals surface area contributed by atoms with Crippen molar-refractivity contribution < 1.29 is 9.59 Å². The summed E-state index contributed by atoms with van der Waals surface area (Å²) in [4.78, 5) is 29.9. The van der Waals surface area contributed by atoms with Crippen LogP contribution in [0.15, 0.2) is 24.4 Å². The molecule has 5 heteroatoms. The third-order valence-corrected chi connectivity index (χ3v) is 2.63. The van der Waals surface area contributed by atoms with Crippen molar-refractivity contribution in [1.29, 1.82) is 0 Å². The summed E-state index contributed by atoms with van der Waals surface area (Å²) in [5, 5.41) is 0. The van der Waals surface area contributed by atoms with Gasteiger partial charge in [0.1, 0.15) is 5.69 Å². The van der Waals surface area contributed by atoms with Crippen molar-refractivity contribution in [3.8, 4) is 0 Å². The van der Waals surface area contributed by atoms with Gasteiger partial charge >= 0.3 is 0 Å². The summed E-state index contributed by atoms with van der Waals surface area (Å²) in [6, 6.07) is 5.28. The highest BCUT2D eigenvalue weighted by atomic mass is 16.2. The van der Waals surface area contributed by atoms with Gasteiger partial charge in [-0.25, -0.2) is 0 Å². The summed E-state index contributed by atoms with van der Waals surface area (Å²) in [6.07, 6.45) is 2.43. The van der Waals surface area contributed by atoms with Gasteiger partial charge in [0.25, 0.3) is 5.91 Å². The van der Waals surface area contributed by atoms with Gasteiger partial charge in [-0.1, -0.05) is 6.07 Å². The molecule has 0 saturated carbocycles. The van der Waals surface area contributed by atoms with Gasteiger partial charge in [0.15, 0.2) is 0 Å². The van der Waals surface area contributed by atoms with Gasteiger partial charge in [0, 0.05) is 32.4 Å². The van der Waals surface area contributed by atoms with Crippen LogP contribution in [0.25, 0.3) is 0 Å². The molecule has 0 aromatic carbocycles. The molecule has 1 aromatic heterocycles. The number of hydrogen-bond acceptors (Lipinski definition) is 3. The van der Waals surface area contributed by atoms with Gasteiger partial charge in [0.2, 0.25) is 6.41 Å². The van der Waals surface area contributed by atoms with Crippen molar-refractivity contribution in [3.63, 3.8) is 0 Å². The maximum Gasteiger partial charge on any atom is 0.272 e. The minimum absolute atomic E-state index is 0.0638. The summed E-state index contributed by atoms with van der Waals surface area (Å²) in [7, 11) is 0. The fraction of sp³-hybridized carbons (Fsp3) is 0.364. The lowest BCUT2D eigenvalue weighted by Crippen LogP contribution is -2.48. The van der Waals surface area contributed by atoms with E-state index in [2.05, 4.69) is 4.98 Å². The van der Waals surface area contributed by atoms with Crippen molar-refractivity contribution in [1.82, 2.24) is 14.8 Å². The van der Waals surface area contributed by atoms with Gasteiger partial charge in [-0.2, -0.15) is 0 Å². The molecule has 0 spiro atoms. The van der Waals surface area contributed by atoms with Crippen LogP contribution in [0.4, 0.5) is 0 Å². The molecule has 5 nitrogen and oxygen atoms in total. The van der Waals surface area contributed by atoms with Gasteiger partial charge in [-0.3, -0.25) is 14.6 Å². The quantitative estimate of drug-likeness (QED) is 0.658. The van der Waals surface area contributed by atoms with Crippen LogP contribution in [0, 0.1) is 0 Å². The Hall–Kier alpha value is -1.91. The van der Waals surface area contributed by atoms with E-state index in [0.29, 0.717) is 31.9 Å². The largest absolute Gasteiger partial charge is 0.342 e. The topological polar surface area (TPSA) is 53.5 Å². The van der Waals surface area contributed by atoms with E-state index in [0.717, 1.165) is 6.41 Å². The standard InChI is InChI=1S/C11H13N3O2/c15-9-13-5-7-14(8-6-13)11(16)10-3-1-2-4-12-10/h1-4,9H,5-8H2. The number of pyridine rings is 1. The second kappa shape index (κ2) is 4.74. The van der Waals surface area contributed by atoms with Crippen LogP contribution in [0.5, 0.6) is 0 Å².